The number of thioether (sulfide) groups is 1. The topological polar surface area (TPSA) is 49.4 Å². The molecule has 0 radical (unpaired) electrons. The third-order valence-corrected chi connectivity index (χ3v) is 6.95. The molecular formula is C13H20N2O2S2. The van der Waals surface area contributed by atoms with Gasteiger partial charge in [-0.1, -0.05) is 19.1 Å². The highest BCUT2D eigenvalue weighted by Crippen LogP contribution is 2.31. The summed E-state index contributed by atoms with van der Waals surface area (Å²) < 4.78 is 27.2. The fourth-order valence-electron chi connectivity index (χ4n) is 2.27. The van der Waals surface area contributed by atoms with E-state index in [-0.39, 0.29) is 6.04 Å². The highest BCUT2D eigenvalue weighted by Gasteiger charge is 2.35. The zero-order valence-electron chi connectivity index (χ0n) is 11.5. The first kappa shape index (κ1) is 14.7. The summed E-state index contributed by atoms with van der Waals surface area (Å²) in [5.74, 6) is 0.854. The largest absolute Gasteiger partial charge is 0.387 e. The van der Waals surface area contributed by atoms with Gasteiger partial charge in [0.25, 0.3) is 0 Å². The van der Waals surface area contributed by atoms with Gasteiger partial charge in [-0.05, 0) is 19.1 Å². The van der Waals surface area contributed by atoms with Crippen molar-refractivity contribution in [1.29, 1.82) is 0 Å². The molecule has 1 aliphatic rings. The Morgan fingerprint density at radius 1 is 1.32 bits per heavy atom. The minimum Gasteiger partial charge on any atom is -0.387 e. The van der Waals surface area contributed by atoms with Gasteiger partial charge in [0.2, 0.25) is 10.0 Å². The summed E-state index contributed by atoms with van der Waals surface area (Å²) in [6, 6.07) is 7.08. The van der Waals surface area contributed by atoms with E-state index in [1.165, 1.54) is 0 Å². The first-order valence-corrected chi connectivity index (χ1v) is 8.87. The normalized spacial score (nSPS) is 25.2. The van der Waals surface area contributed by atoms with Crippen molar-refractivity contribution >= 4 is 27.5 Å². The molecule has 1 saturated heterocycles. The summed E-state index contributed by atoms with van der Waals surface area (Å²) in [7, 11) is -1.69. The lowest BCUT2D eigenvalue weighted by molar-refractivity contribution is 0.340. The van der Waals surface area contributed by atoms with Gasteiger partial charge < -0.3 is 5.32 Å². The molecule has 1 N–H and O–H groups in total. The molecule has 0 spiro atoms. The SMILES string of the molecule is CNc1ccccc1S(=O)(=O)N1CCSC(C)C1C. The molecule has 1 aromatic carbocycles. The standard InChI is InChI=1S/C13H20N2O2S2/c1-10-11(2)18-9-8-15(10)19(16,17)13-7-5-4-6-12(13)14-3/h4-7,10-11,14H,8-9H2,1-3H3. The van der Waals surface area contributed by atoms with Crippen molar-refractivity contribution in [2.75, 3.05) is 24.7 Å². The predicted molar refractivity (Wildman–Crippen MR) is 81.3 cm³/mol. The average molecular weight is 300 g/mol. The van der Waals surface area contributed by atoms with Crippen LogP contribution in [-0.4, -0.2) is 43.4 Å². The maximum atomic E-state index is 12.8. The van der Waals surface area contributed by atoms with Crippen molar-refractivity contribution in [2.24, 2.45) is 0 Å². The molecule has 0 saturated carbocycles. The second-order valence-electron chi connectivity index (χ2n) is 4.68. The Hall–Kier alpha value is -0.720. The van der Waals surface area contributed by atoms with Crippen molar-refractivity contribution in [3.05, 3.63) is 24.3 Å². The highest BCUT2D eigenvalue weighted by atomic mass is 32.2. The summed E-state index contributed by atoms with van der Waals surface area (Å²) in [6.45, 7) is 4.65. The Morgan fingerprint density at radius 3 is 2.68 bits per heavy atom. The van der Waals surface area contributed by atoms with Crippen LogP contribution >= 0.6 is 11.8 Å². The van der Waals surface area contributed by atoms with Gasteiger partial charge in [-0.25, -0.2) is 8.42 Å². The van der Waals surface area contributed by atoms with E-state index in [9.17, 15) is 8.42 Å². The maximum absolute atomic E-state index is 12.8. The number of benzene rings is 1. The number of hydrogen-bond donors (Lipinski definition) is 1. The second kappa shape index (κ2) is 5.73. The number of nitrogens with zero attached hydrogens (tertiary/aromatic N) is 1. The van der Waals surface area contributed by atoms with E-state index in [1.54, 1.807) is 29.6 Å². The summed E-state index contributed by atoms with van der Waals surface area (Å²) in [4.78, 5) is 0.364. The van der Waals surface area contributed by atoms with Crippen molar-refractivity contribution < 1.29 is 8.42 Å². The Balaban J connectivity index is 2.42. The van der Waals surface area contributed by atoms with Crippen molar-refractivity contribution in [3.63, 3.8) is 0 Å². The van der Waals surface area contributed by atoms with Gasteiger partial charge in [-0.2, -0.15) is 16.1 Å². The molecule has 0 bridgehead atoms. The molecule has 19 heavy (non-hydrogen) atoms. The third kappa shape index (κ3) is 2.75. The molecular weight excluding hydrogens is 280 g/mol. The van der Waals surface area contributed by atoms with E-state index in [2.05, 4.69) is 12.2 Å². The lowest BCUT2D eigenvalue weighted by atomic mass is 10.2. The number of anilines is 1. The lowest BCUT2D eigenvalue weighted by Crippen LogP contribution is -2.47. The molecule has 2 atom stereocenters. The average Bonchev–Trinajstić information content (AvgIpc) is 2.41. The molecule has 1 heterocycles. The minimum atomic E-state index is -3.43. The van der Waals surface area contributed by atoms with Crippen LogP contribution < -0.4 is 5.32 Å². The Labute approximate surface area is 119 Å². The molecule has 1 aromatic rings. The second-order valence-corrected chi connectivity index (χ2v) is 8.02. The monoisotopic (exact) mass is 300 g/mol. The Morgan fingerprint density at radius 2 is 2.00 bits per heavy atom. The van der Waals surface area contributed by atoms with Gasteiger partial charge >= 0.3 is 0 Å². The molecule has 0 aromatic heterocycles. The van der Waals surface area contributed by atoms with Gasteiger partial charge in [0.05, 0.1) is 5.69 Å². The quantitative estimate of drug-likeness (QED) is 0.930. The van der Waals surface area contributed by atoms with Gasteiger partial charge in [0.15, 0.2) is 0 Å². The van der Waals surface area contributed by atoms with Gasteiger partial charge in [-0.3, -0.25) is 0 Å². The summed E-state index contributed by atoms with van der Waals surface area (Å²) in [5, 5.41) is 3.28. The maximum Gasteiger partial charge on any atom is 0.245 e. The van der Waals surface area contributed by atoms with Crippen LogP contribution in [0, 0.1) is 0 Å². The summed E-state index contributed by atoms with van der Waals surface area (Å²) in [5.41, 5.74) is 0.653. The van der Waals surface area contributed by atoms with Crippen LogP contribution in [0.15, 0.2) is 29.2 Å². The van der Waals surface area contributed by atoms with Crippen LogP contribution in [0.3, 0.4) is 0 Å². The molecule has 4 nitrogen and oxygen atoms in total. The number of para-hydroxylation sites is 1. The van der Waals surface area contributed by atoms with Crippen LogP contribution in [0.5, 0.6) is 0 Å². The summed E-state index contributed by atoms with van der Waals surface area (Å²) >= 11 is 1.83. The van der Waals surface area contributed by atoms with E-state index >= 15 is 0 Å². The van der Waals surface area contributed by atoms with E-state index in [4.69, 9.17) is 0 Å². The van der Waals surface area contributed by atoms with Gasteiger partial charge in [0, 0.05) is 30.6 Å². The van der Waals surface area contributed by atoms with E-state index in [0.29, 0.717) is 22.4 Å². The van der Waals surface area contributed by atoms with E-state index in [0.717, 1.165) is 5.75 Å². The highest BCUT2D eigenvalue weighted by molar-refractivity contribution is 8.00. The van der Waals surface area contributed by atoms with Gasteiger partial charge in [-0.15, -0.1) is 0 Å². The molecule has 0 aliphatic carbocycles. The fourth-order valence-corrected chi connectivity index (χ4v) is 5.46. The third-order valence-electron chi connectivity index (χ3n) is 3.57. The smallest absolute Gasteiger partial charge is 0.245 e. The molecule has 2 rings (SSSR count). The fraction of sp³-hybridized carbons (Fsp3) is 0.538. The van der Waals surface area contributed by atoms with Crippen molar-refractivity contribution in [3.8, 4) is 0 Å². The lowest BCUT2D eigenvalue weighted by Gasteiger charge is -2.36. The molecule has 0 amide bonds. The molecule has 1 fully saturated rings. The van der Waals surface area contributed by atoms with Crippen LogP contribution in [0.25, 0.3) is 0 Å². The van der Waals surface area contributed by atoms with Crippen LogP contribution in [-0.2, 0) is 10.0 Å². The predicted octanol–water partition coefficient (Wildman–Crippen LogP) is 2.24. The molecule has 2 unspecified atom stereocenters. The van der Waals surface area contributed by atoms with Crippen LogP contribution in [0.2, 0.25) is 0 Å². The first-order valence-electron chi connectivity index (χ1n) is 6.38. The van der Waals surface area contributed by atoms with E-state index < -0.39 is 10.0 Å². The number of hydrogen-bond acceptors (Lipinski definition) is 4. The Bertz CT molecular complexity index is 545. The number of sulfonamides is 1. The zero-order chi connectivity index (χ0) is 14.0. The summed E-state index contributed by atoms with van der Waals surface area (Å²) in [6.07, 6.45) is 0. The zero-order valence-corrected chi connectivity index (χ0v) is 13.1. The molecule has 1 aliphatic heterocycles. The van der Waals surface area contributed by atoms with Gasteiger partial charge in [0.1, 0.15) is 4.90 Å². The van der Waals surface area contributed by atoms with Crippen molar-refractivity contribution in [1.82, 2.24) is 4.31 Å². The van der Waals surface area contributed by atoms with Crippen LogP contribution in [0.1, 0.15) is 13.8 Å². The molecule has 6 heteroatoms. The van der Waals surface area contributed by atoms with Crippen LogP contribution in [0.4, 0.5) is 5.69 Å². The number of rotatable bonds is 3. The minimum absolute atomic E-state index is 0.0219. The van der Waals surface area contributed by atoms with E-state index in [1.807, 2.05) is 24.8 Å². The number of nitrogens with one attached hydrogen (secondary N) is 1. The van der Waals surface area contributed by atoms with Crippen molar-refractivity contribution in [2.45, 2.75) is 30.0 Å². The Kier molecular flexibility index (Phi) is 4.43. The first-order chi connectivity index (χ1) is 8.98. The molecule has 106 valence electrons.